The Labute approximate surface area is 124 Å². The predicted molar refractivity (Wildman–Crippen MR) is 78.1 cm³/mol. The van der Waals surface area contributed by atoms with E-state index < -0.39 is 17.9 Å². The first kappa shape index (κ1) is 15.4. The number of carbonyl (C=O) groups is 2. The number of methoxy groups -OCH3 is 1. The maximum absolute atomic E-state index is 12.3. The van der Waals surface area contributed by atoms with Crippen LogP contribution in [0.3, 0.4) is 0 Å². The van der Waals surface area contributed by atoms with Gasteiger partial charge in [-0.05, 0) is 25.8 Å². The Hall–Kier alpha value is -2.04. The standard InChI is InChI=1S/C16H21NO4/c1-3-17-14(18)10-6-8-12(16(19)20)15(17)11-7-4-5-9-13(11)21-2/h4-5,7,9,12,15H,3,6,8,10H2,1-2H3,(H,19,20). The first-order valence-electron chi connectivity index (χ1n) is 7.25. The van der Waals surface area contributed by atoms with Crippen LogP contribution in [0.4, 0.5) is 0 Å². The highest BCUT2D eigenvalue weighted by Crippen LogP contribution is 2.39. The van der Waals surface area contributed by atoms with Gasteiger partial charge in [-0.2, -0.15) is 0 Å². The Balaban J connectivity index is 2.54. The molecule has 1 saturated heterocycles. The predicted octanol–water partition coefficient (Wildman–Crippen LogP) is 2.47. The number of carboxylic acids is 1. The number of aliphatic carboxylic acids is 1. The lowest BCUT2D eigenvalue weighted by molar-refractivity contribution is -0.146. The van der Waals surface area contributed by atoms with Crippen molar-refractivity contribution in [2.45, 2.75) is 32.2 Å². The summed E-state index contributed by atoms with van der Waals surface area (Å²) in [7, 11) is 1.56. The second kappa shape index (κ2) is 6.61. The van der Waals surface area contributed by atoms with Gasteiger partial charge in [-0.15, -0.1) is 0 Å². The molecule has 1 aromatic rings. The number of hydrogen-bond donors (Lipinski definition) is 1. The van der Waals surface area contributed by atoms with Gasteiger partial charge in [0.05, 0.1) is 19.1 Å². The third kappa shape index (κ3) is 3.01. The van der Waals surface area contributed by atoms with E-state index in [1.165, 1.54) is 0 Å². The van der Waals surface area contributed by atoms with Gasteiger partial charge in [0, 0.05) is 18.5 Å². The first-order chi connectivity index (χ1) is 10.1. The molecule has 0 bridgehead atoms. The molecule has 0 spiro atoms. The zero-order chi connectivity index (χ0) is 15.4. The van der Waals surface area contributed by atoms with Crippen LogP contribution in [0, 0.1) is 5.92 Å². The number of carboxylic acid groups (broad SMARTS) is 1. The fraction of sp³-hybridized carbons (Fsp3) is 0.500. The largest absolute Gasteiger partial charge is 0.496 e. The summed E-state index contributed by atoms with van der Waals surface area (Å²) in [6.07, 6.45) is 1.52. The second-order valence-corrected chi connectivity index (χ2v) is 5.20. The summed E-state index contributed by atoms with van der Waals surface area (Å²) in [6.45, 7) is 2.37. The molecule has 114 valence electrons. The van der Waals surface area contributed by atoms with Crippen LogP contribution in [-0.4, -0.2) is 35.5 Å². The Morgan fingerprint density at radius 2 is 2.14 bits per heavy atom. The minimum Gasteiger partial charge on any atom is -0.496 e. The number of likely N-dealkylation sites (tertiary alicyclic amines) is 1. The van der Waals surface area contributed by atoms with Crippen LogP contribution >= 0.6 is 0 Å². The van der Waals surface area contributed by atoms with Gasteiger partial charge in [0.1, 0.15) is 5.75 Å². The monoisotopic (exact) mass is 291 g/mol. The van der Waals surface area contributed by atoms with E-state index >= 15 is 0 Å². The summed E-state index contributed by atoms with van der Waals surface area (Å²) >= 11 is 0. The number of para-hydroxylation sites is 1. The summed E-state index contributed by atoms with van der Waals surface area (Å²) in [5.74, 6) is -0.828. The fourth-order valence-electron chi connectivity index (χ4n) is 3.07. The van der Waals surface area contributed by atoms with Gasteiger partial charge < -0.3 is 14.7 Å². The van der Waals surface area contributed by atoms with Crippen molar-refractivity contribution in [3.63, 3.8) is 0 Å². The summed E-state index contributed by atoms with van der Waals surface area (Å²) in [5, 5.41) is 9.58. The molecule has 2 rings (SSSR count). The molecule has 21 heavy (non-hydrogen) atoms. The summed E-state index contributed by atoms with van der Waals surface area (Å²) in [6, 6.07) is 6.86. The van der Waals surface area contributed by atoms with Crippen molar-refractivity contribution in [3.05, 3.63) is 29.8 Å². The molecular formula is C16H21NO4. The van der Waals surface area contributed by atoms with Crippen molar-refractivity contribution < 1.29 is 19.4 Å². The van der Waals surface area contributed by atoms with Crippen LogP contribution in [0.5, 0.6) is 5.75 Å². The zero-order valence-corrected chi connectivity index (χ0v) is 12.4. The van der Waals surface area contributed by atoms with E-state index in [4.69, 9.17) is 4.74 Å². The van der Waals surface area contributed by atoms with E-state index in [0.29, 0.717) is 31.6 Å². The fourth-order valence-corrected chi connectivity index (χ4v) is 3.07. The Morgan fingerprint density at radius 3 is 2.76 bits per heavy atom. The van der Waals surface area contributed by atoms with Gasteiger partial charge in [0.25, 0.3) is 0 Å². The maximum atomic E-state index is 12.3. The lowest BCUT2D eigenvalue weighted by atomic mass is 9.88. The molecule has 2 unspecified atom stereocenters. The van der Waals surface area contributed by atoms with Crippen molar-refractivity contribution in [3.8, 4) is 5.75 Å². The van der Waals surface area contributed by atoms with Crippen molar-refractivity contribution >= 4 is 11.9 Å². The van der Waals surface area contributed by atoms with Crippen LogP contribution in [0.15, 0.2) is 24.3 Å². The molecule has 1 amide bonds. The maximum Gasteiger partial charge on any atom is 0.308 e. The van der Waals surface area contributed by atoms with Crippen LogP contribution in [0.1, 0.15) is 37.8 Å². The average molecular weight is 291 g/mol. The number of ether oxygens (including phenoxy) is 1. The van der Waals surface area contributed by atoms with E-state index in [1.54, 1.807) is 18.1 Å². The number of rotatable bonds is 4. The second-order valence-electron chi connectivity index (χ2n) is 5.20. The number of amides is 1. The number of nitrogens with zero attached hydrogens (tertiary/aromatic N) is 1. The molecule has 5 heteroatoms. The third-order valence-corrected chi connectivity index (χ3v) is 4.06. The molecule has 1 heterocycles. The minimum atomic E-state index is -0.862. The Kier molecular flexibility index (Phi) is 4.83. The smallest absolute Gasteiger partial charge is 0.308 e. The summed E-state index contributed by atoms with van der Waals surface area (Å²) in [5.41, 5.74) is 0.768. The number of hydrogen-bond acceptors (Lipinski definition) is 3. The van der Waals surface area contributed by atoms with Gasteiger partial charge >= 0.3 is 5.97 Å². The van der Waals surface area contributed by atoms with Crippen molar-refractivity contribution in [2.24, 2.45) is 5.92 Å². The molecule has 1 aliphatic heterocycles. The molecule has 0 aliphatic carbocycles. The first-order valence-corrected chi connectivity index (χ1v) is 7.25. The Morgan fingerprint density at radius 1 is 1.43 bits per heavy atom. The van der Waals surface area contributed by atoms with E-state index in [0.717, 1.165) is 5.56 Å². The van der Waals surface area contributed by atoms with Crippen molar-refractivity contribution in [1.29, 1.82) is 0 Å². The van der Waals surface area contributed by atoms with Crippen LogP contribution < -0.4 is 4.74 Å². The highest BCUT2D eigenvalue weighted by atomic mass is 16.5. The third-order valence-electron chi connectivity index (χ3n) is 4.06. The zero-order valence-electron chi connectivity index (χ0n) is 12.4. The van der Waals surface area contributed by atoms with E-state index in [1.807, 2.05) is 25.1 Å². The van der Waals surface area contributed by atoms with Crippen LogP contribution in [0.2, 0.25) is 0 Å². The topological polar surface area (TPSA) is 66.8 Å². The lowest BCUT2D eigenvalue weighted by Crippen LogP contribution is -2.39. The van der Waals surface area contributed by atoms with E-state index in [-0.39, 0.29) is 5.91 Å². The molecule has 1 N–H and O–H groups in total. The van der Waals surface area contributed by atoms with Gasteiger partial charge in [-0.1, -0.05) is 18.2 Å². The average Bonchev–Trinajstić information content (AvgIpc) is 2.65. The normalized spacial score (nSPS) is 22.8. The molecule has 2 atom stereocenters. The van der Waals surface area contributed by atoms with Gasteiger partial charge in [0.15, 0.2) is 0 Å². The van der Waals surface area contributed by atoms with Crippen molar-refractivity contribution in [2.75, 3.05) is 13.7 Å². The molecule has 1 aliphatic rings. The number of benzene rings is 1. The SMILES string of the molecule is CCN1C(=O)CCCC(C(=O)O)C1c1ccccc1OC. The quantitative estimate of drug-likeness (QED) is 0.925. The Bertz CT molecular complexity index is 527. The van der Waals surface area contributed by atoms with Gasteiger partial charge in [-0.25, -0.2) is 0 Å². The van der Waals surface area contributed by atoms with Gasteiger partial charge in [-0.3, -0.25) is 9.59 Å². The van der Waals surface area contributed by atoms with Crippen molar-refractivity contribution in [1.82, 2.24) is 4.90 Å². The molecule has 1 aromatic carbocycles. The van der Waals surface area contributed by atoms with Gasteiger partial charge in [0.2, 0.25) is 5.91 Å². The van der Waals surface area contributed by atoms with Crippen LogP contribution in [0.25, 0.3) is 0 Å². The molecule has 1 fully saturated rings. The van der Waals surface area contributed by atoms with E-state index in [9.17, 15) is 14.7 Å². The highest BCUT2D eigenvalue weighted by molar-refractivity contribution is 5.80. The minimum absolute atomic E-state index is 0.0113. The van der Waals surface area contributed by atoms with Crippen LogP contribution in [-0.2, 0) is 9.59 Å². The molecular weight excluding hydrogens is 270 g/mol. The molecule has 5 nitrogen and oxygen atoms in total. The highest BCUT2D eigenvalue weighted by Gasteiger charge is 2.39. The summed E-state index contributed by atoms with van der Waals surface area (Å²) < 4.78 is 5.36. The number of carbonyl (C=O) groups excluding carboxylic acids is 1. The molecule has 0 radical (unpaired) electrons. The van der Waals surface area contributed by atoms with E-state index in [2.05, 4.69) is 0 Å². The molecule has 0 aromatic heterocycles. The lowest BCUT2D eigenvalue weighted by Gasteiger charge is -2.33. The molecule has 0 saturated carbocycles. The summed E-state index contributed by atoms with van der Waals surface area (Å²) in [4.78, 5) is 25.6.